The minimum atomic E-state index is -3.74. The summed E-state index contributed by atoms with van der Waals surface area (Å²) < 4.78 is 31.3. The number of nitrogens with one attached hydrogen (secondary N) is 1. The molecule has 8 nitrogen and oxygen atoms in total. The third kappa shape index (κ3) is 6.46. The highest BCUT2D eigenvalue weighted by molar-refractivity contribution is 7.92. The lowest BCUT2D eigenvalue weighted by molar-refractivity contribution is -0.139. The highest BCUT2D eigenvalue weighted by Gasteiger charge is 2.30. The second kappa shape index (κ2) is 11.0. The molecule has 0 fully saturated rings. The van der Waals surface area contributed by atoms with Crippen molar-refractivity contribution in [2.45, 2.75) is 33.4 Å². The lowest BCUT2D eigenvalue weighted by Crippen LogP contribution is -2.51. The van der Waals surface area contributed by atoms with Gasteiger partial charge in [0.05, 0.1) is 19.1 Å². The van der Waals surface area contributed by atoms with Gasteiger partial charge < -0.3 is 15.0 Å². The van der Waals surface area contributed by atoms with Crippen LogP contribution in [0.1, 0.15) is 25.0 Å². The predicted molar refractivity (Wildman–Crippen MR) is 125 cm³/mol. The molecular weight excluding hydrogens is 430 g/mol. The van der Waals surface area contributed by atoms with Crippen LogP contribution in [0.25, 0.3) is 0 Å². The highest BCUT2D eigenvalue weighted by Crippen LogP contribution is 2.23. The van der Waals surface area contributed by atoms with Crippen molar-refractivity contribution in [1.29, 1.82) is 0 Å². The van der Waals surface area contributed by atoms with Gasteiger partial charge in [0.15, 0.2) is 0 Å². The first-order valence-electron chi connectivity index (χ1n) is 10.3. The first-order chi connectivity index (χ1) is 15.1. The fourth-order valence-electron chi connectivity index (χ4n) is 3.27. The number of methoxy groups -OCH3 is 1. The van der Waals surface area contributed by atoms with Crippen LogP contribution in [-0.2, 0) is 26.2 Å². The number of benzene rings is 2. The van der Waals surface area contributed by atoms with Gasteiger partial charge >= 0.3 is 0 Å². The molecule has 0 bridgehead atoms. The van der Waals surface area contributed by atoms with Crippen molar-refractivity contribution < 1.29 is 22.7 Å². The van der Waals surface area contributed by atoms with E-state index in [0.29, 0.717) is 18.0 Å². The molecule has 1 N–H and O–H groups in total. The van der Waals surface area contributed by atoms with Crippen LogP contribution in [0, 0.1) is 6.92 Å². The SMILES string of the molecule is CCNC(=O)[C@H](C)N(Cc1ccc(OC)cc1)C(=O)CN(c1ccccc1C)S(C)(=O)=O. The Labute approximate surface area is 190 Å². The monoisotopic (exact) mass is 461 g/mol. The number of carbonyl (C=O) groups excluding carboxylic acids is 2. The summed E-state index contributed by atoms with van der Waals surface area (Å²) in [5.74, 6) is -0.115. The van der Waals surface area contributed by atoms with Gasteiger partial charge in [0, 0.05) is 13.1 Å². The second-order valence-corrected chi connectivity index (χ2v) is 9.40. The molecule has 2 aromatic carbocycles. The van der Waals surface area contributed by atoms with Crippen LogP contribution < -0.4 is 14.4 Å². The Bertz CT molecular complexity index is 1040. The number of likely N-dealkylation sites (N-methyl/N-ethyl adjacent to an activating group) is 1. The normalized spacial score (nSPS) is 12.0. The quantitative estimate of drug-likeness (QED) is 0.586. The predicted octanol–water partition coefficient (Wildman–Crippen LogP) is 2.32. The molecule has 0 saturated carbocycles. The van der Waals surface area contributed by atoms with Crippen LogP contribution >= 0.6 is 0 Å². The molecule has 0 radical (unpaired) electrons. The summed E-state index contributed by atoms with van der Waals surface area (Å²) in [5, 5.41) is 2.72. The zero-order valence-corrected chi connectivity index (χ0v) is 20.0. The van der Waals surface area contributed by atoms with E-state index in [0.717, 1.165) is 21.7 Å². The lowest BCUT2D eigenvalue weighted by Gasteiger charge is -2.31. The molecule has 0 aliphatic rings. The number of carbonyl (C=O) groups is 2. The van der Waals surface area contributed by atoms with Gasteiger partial charge in [0.1, 0.15) is 18.3 Å². The van der Waals surface area contributed by atoms with Gasteiger partial charge in [-0.1, -0.05) is 30.3 Å². The third-order valence-corrected chi connectivity index (χ3v) is 6.22. The van der Waals surface area contributed by atoms with Crippen LogP contribution in [-0.4, -0.2) is 57.6 Å². The summed E-state index contributed by atoms with van der Waals surface area (Å²) >= 11 is 0. The fourth-order valence-corrected chi connectivity index (χ4v) is 4.18. The second-order valence-electron chi connectivity index (χ2n) is 7.50. The van der Waals surface area contributed by atoms with E-state index in [1.54, 1.807) is 76.4 Å². The maximum absolute atomic E-state index is 13.4. The maximum atomic E-state index is 13.4. The molecule has 0 spiro atoms. The number of rotatable bonds is 10. The molecule has 0 aliphatic carbocycles. The molecule has 0 unspecified atom stereocenters. The summed E-state index contributed by atoms with van der Waals surface area (Å²) in [6.07, 6.45) is 1.06. The van der Waals surface area contributed by atoms with E-state index >= 15 is 0 Å². The van der Waals surface area contributed by atoms with Crippen LogP contribution in [0.4, 0.5) is 5.69 Å². The van der Waals surface area contributed by atoms with E-state index in [4.69, 9.17) is 4.74 Å². The third-order valence-electron chi connectivity index (χ3n) is 5.09. The van der Waals surface area contributed by atoms with E-state index in [-0.39, 0.29) is 12.5 Å². The van der Waals surface area contributed by atoms with Gasteiger partial charge in [0.25, 0.3) is 0 Å². The zero-order valence-electron chi connectivity index (χ0n) is 19.2. The van der Waals surface area contributed by atoms with Crippen LogP contribution in [0.2, 0.25) is 0 Å². The number of anilines is 1. The minimum absolute atomic E-state index is 0.145. The molecular formula is C23H31N3O5S. The maximum Gasteiger partial charge on any atom is 0.244 e. The number of hydrogen-bond donors (Lipinski definition) is 1. The van der Waals surface area contributed by atoms with Gasteiger partial charge in [-0.2, -0.15) is 0 Å². The van der Waals surface area contributed by atoms with Crippen molar-refractivity contribution in [3.63, 3.8) is 0 Å². The Balaban J connectivity index is 2.38. The fraction of sp³-hybridized carbons (Fsp3) is 0.391. The number of ether oxygens (including phenoxy) is 1. The molecule has 0 heterocycles. The largest absolute Gasteiger partial charge is 0.497 e. The Morgan fingerprint density at radius 3 is 2.25 bits per heavy atom. The molecule has 2 aromatic rings. The number of hydrogen-bond acceptors (Lipinski definition) is 5. The Morgan fingerprint density at radius 1 is 1.09 bits per heavy atom. The van der Waals surface area contributed by atoms with E-state index in [2.05, 4.69) is 5.32 Å². The molecule has 32 heavy (non-hydrogen) atoms. The number of para-hydroxylation sites is 1. The summed E-state index contributed by atoms with van der Waals surface area (Å²) in [7, 11) is -2.18. The summed E-state index contributed by atoms with van der Waals surface area (Å²) in [6, 6.07) is 13.3. The molecule has 0 saturated heterocycles. The molecule has 2 amide bonds. The minimum Gasteiger partial charge on any atom is -0.497 e. The van der Waals surface area contributed by atoms with Gasteiger partial charge in [-0.25, -0.2) is 8.42 Å². The smallest absolute Gasteiger partial charge is 0.244 e. The van der Waals surface area contributed by atoms with E-state index in [1.807, 2.05) is 0 Å². The topological polar surface area (TPSA) is 96.0 Å². The van der Waals surface area contributed by atoms with E-state index in [9.17, 15) is 18.0 Å². The van der Waals surface area contributed by atoms with Crippen LogP contribution in [0.15, 0.2) is 48.5 Å². The molecule has 1 atom stereocenters. The van der Waals surface area contributed by atoms with E-state index in [1.165, 1.54) is 4.90 Å². The van der Waals surface area contributed by atoms with Crippen LogP contribution in [0.5, 0.6) is 5.75 Å². The molecule has 2 rings (SSSR count). The van der Waals surface area contributed by atoms with Crippen molar-refractivity contribution in [1.82, 2.24) is 10.2 Å². The Hall–Kier alpha value is -3.07. The zero-order chi connectivity index (χ0) is 23.9. The van der Waals surface area contributed by atoms with Gasteiger partial charge in [-0.05, 0) is 50.1 Å². The first-order valence-corrected chi connectivity index (χ1v) is 12.2. The van der Waals surface area contributed by atoms with E-state index < -0.39 is 28.5 Å². The van der Waals surface area contributed by atoms with Crippen molar-refractivity contribution in [2.75, 3.05) is 30.8 Å². The standard InChI is InChI=1S/C23H31N3O5S/c1-6-24-23(28)18(3)25(15-19-11-13-20(31-4)14-12-19)22(27)16-26(32(5,29)30)21-10-8-7-9-17(21)2/h7-14,18H,6,15-16H2,1-5H3,(H,24,28)/t18-/m0/s1. The number of sulfonamides is 1. The molecule has 0 aromatic heterocycles. The van der Waals surface area contributed by atoms with Crippen molar-refractivity contribution in [3.8, 4) is 5.75 Å². The number of aryl methyl sites for hydroxylation is 1. The van der Waals surface area contributed by atoms with Gasteiger partial charge in [0.2, 0.25) is 21.8 Å². The van der Waals surface area contributed by atoms with Gasteiger partial charge in [-0.15, -0.1) is 0 Å². The summed E-state index contributed by atoms with van der Waals surface area (Å²) in [4.78, 5) is 27.3. The summed E-state index contributed by atoms with van der Waals surface area (Å²) in [6.45, 7) is 5.36. The highest BCUT2D eigenvalue weighted by atomic mass is 32.2. The lowest BCUT2D eigenvalue weighted by atomic mass is 10.1. The van der Waals surface area contributed by atoms with Gasteiger partial charge in [-0.3, -0.25) is 13.9 Å². The average molecular weight is 462 g/mol. The molecule has 0 aliphatic heterocycles. The van der Waals surface area contributed by atoms with Crippen molar-refractivity contribution >= 4 is 27.5 Å². The number of amides is 2. The van der Waals surface area contributed by atoms with Crippen molar-refractivity contribution in [2.24, 2.45) is 0 Å². The van der Waals surface area contributed by atoms with Crippen molar-refractivity contribution in [3.05, 3.63) is 59.7 Å². The Kier molecular flexibility index (Phi) is 8.65. The average Bonchev–Trinajstić information content (AvgIpc) is 2.75. The van der Waals surface area contributed by atoms with Crippen LogP contribution in [0.3, 0.4) is 0 Å². The first kappa shape index (κ1) is 25.2. The Morgan fingerprint density at radius 2 is 1.72 bits per heavy atom. The number of nitrogens with zero attached hydrogens (tertiary/aromatic N) is 2. The molecule has 9 heteroatoms. The summed E-state index contributed by atoms with van der Waals surface area (Å²) in [5.41, 5.74) is 1.94. The molecule has 174 valence electrons.